The minimum absolute atomic E-state index is 0.0853. The smallest absolute Gasteiger partial charge is 0.254 e. The molecular weight excluding hydrogens is 466 g/mol. The summed E-state index contributed by atoms with van der Waals surface area (Å²) in [5, 5.41) is 4.16. The molecule has 1 fully saturated rings. The molecule has 1 aliphatic heterocycles. The summed E-state index contributed by atoms with van der Waals surface area (Å²) in [4.78, 5) is 32.0. The molecular formula is C28H25N7O2. The zero-order valence-electron chi connectivity index (χ0n) is 20.6. The molecule has 0 bridgehead atoms. The highest BCUT2D eigenvalue weighted by molar-refractivity contribution is 6.06. The van der Waals surface area contributed by atoms with Gasteiger partial charge >= 0.3 is 0 Å². The van der Waals surface area contributed by atoms with Crippen LogP contribution in [0.1, 0.15) is 18.4 Å². The number of carbonyl (C=O) groups is 1. The van der Waals surface area contributed by atoms with Crippen LogP contribution in [0.5, 0.6) is 11.5 Å². The Labute approximate surface area is 213 Å². The van der Waals surface area contributed by atoms with Crippen molar-refractivity contribution in [3.05, 3.63) is 79.0 Å². The molecule has 1 amide bonds. The van der Waals surface area contributed by atoms with E-state index in [9.17, 15) is 4.79 Å². The Morgan fingerprint density at radius 2 is 1.92 bits per heavy atom. The van der Waals surface area contributed by atoms with E-state index >= 15 is 0 Å². The van der Waals surface area contributed by atoms with Gasteiger partial charge in [-0.2, -0.15) is 0 Å². The highest BCUT2D eigenvalue weighted by atomic mass is 16.5. The van der Waals surface area contributed by atoms with E-state index in [0.29, 0.717) is 29.3 Å². The van der Waals surface area contributed by atoms with E-state index in [1.807, 2.05) is 61.0 Å². The summed E-state index contributed by atoms with van der Waals surface area (Å²) in [7, 11) is 1.97. The highest BCUT2D eigenvalue weighted by Gasteiger charge is 2.24. The molecule has 0 radical (unpaired) electrons. The Kier molecular flexibility index (Phi) is 5.52. The van der Waals surface area contributed by atoms with Crippen molar-refractivity contribution in [3.63, 3.8) is 0 Å². The third-order valence-corrected chi connectivity index (χ3v) is 6.55. The number of nitrogens with one attached hydrogen (secondary N) is 1. The molecule has 0 atom stereocenters. The number of ether oxygens (including phenoxy) is 1. The van der Waals surface area contributed by atoms with Crippen LogP contribution in [0, 0.1) is 6.92 Å². The fourth-order valence-electron chi connectivity index (χ4n) is 4.55. The van der Waals surface area contributed by atoms with Gasteiger partial charge in [-0.15, -0.1) is 0 Å². The number of benzene rings is 2. The number of aryl methyl sites for hydroxylation is 2. The van der Waals surface area contributed by atoms with E-state index in [0.717, 1.165) is 52.0 Å². The quantitative estimate of drug-likeness (QED) is 0.327. The van der Waals surface area contributed by atoms with Crippen LogP contribution >= 0.6 is 0 Å². The number of fused-ring (bicyclic) bond motifs is 2. The normalized spacial score (nSPS) is 13.9. The molecule has 2 aromatic carbocycles. The second-order valence-electron chi connectivity index (χ2n) is 9.16. The lowest BCUT2D eigenvalue weighted by Crippen LogP contribution is -2.37. The second kappa shape index (κ2) is 9.02. The maximum absolute atomic E-state index is 12.6. The van der Waals surface area contributed by atoms with Crippen LogP contribution in [0.3, 0.4) is 0 Å². The number of carbonyl (C=O) groups excluding carboxylic acids is 1. The summed E-state index contributed by atoms with van der Waals surface area (Å²) in [6, 6.07) is 13.6. The Morgan fingerprint density at radius 3 is 2.78 bits per heavy atom. The molecule has 37 heavy (non-hydrogen) atoms. The Bertz CT molecular complexity index is 1690. The van der Waals surface area contributed by atoms with Crippen LogP contribution in [0.2, 0.25) is 0 Å². The average molecular weight is 492 g/mol. The van der Waals surface area contributed by atoms with Gasteiger partial charge in [0.25, 0.3) is 5.91 Å². The Morgan fingerprint density at radius 1 is 1.03 bits per heavy atom. The molecule has 1 N–H and O–H groups in total. The lowest BCUT2D eigenvalue weighted by atomic mass is 10.1. The number of hydrogen-bond donors (Lipinski definition) is 1. The van der Waals surface area contributed by atoms with Gasteiger partial charge < -0.3 is 14.6 Å². The van der Waals surface area contributed by atoms with Crippen molar-refractivity contribution in [3.8, 4) is 11.5 Å². The highest BCUT2D eigenvalue weighted by Crippen LogP contribution is 2.32. The van der Waals surface area contributed by atoms with E-state index in [1.54, 1.807) is 17.4 Å². The summed E-state index contributed by atoms with van der Waals surface area (Å²) in [6.45, 7) is 6.50. The predicted molar refractivity (Wildman–Crippen MR) is 143 cm³/mol. The van der Waals surface area contributed by atoms with Crippen LogP contribution in [0.25, 0.3) is 21.9 Å². The lowest BCUT2D eigenvalue weighted by molar-refractivity contribution is -0.115. The third kappa shape index (κ3) is 4.24. The second-order valence-corrected chi connectivity index (χ2v) is 9.16. The van der Waals surface area contributed by atoms with Gasteiger partial charge in [0.2, 0.25) is 0 Å². The van der Waals surface area contributed by atoms with Crippen LogP contribution in [0.15, 0.2) is 73.5 Å². The number of piperidine rings is 1. The first-order valence-corrected chi connectivity index (χ1v) is 12.0. The Balaban J connectivity index is 1.26. The summed E-state index contributed by atoms with van der Waals surface area (Å²) in [6.07, 6.45) is 6.54. The number of pyridine rings is 1. The maximum Gasteiger partial charge on any atom is 0.254 e. The van der Waals surface area contributed by atoms with Gasteiger partial charge in [0.1, 0.15) is 29.5 Å². The molecule has 0 saturated carbocycles. The van der Waals surface area contributed by atoms with Gasteiger partial charge in [-0.3, -0.25) is 9.69 Å². The third-order valence-electron chi connectivity index (χ3n) is 6.55. The molecule has 184 valence electrons. The summed E-state index contributed by atoms with van der Waals surface area (Å²) < 4.78 is 8.12. The van der Waals surface area contributed by atoms with Gasteiger partial charge in [-0.25, -0.2) is 19.9 Å². The number of anilines is 3. The van der Waals surface area contributed by atoms with E-state index < -0.39 is 0 Å². The molecule has 3 aromatic heterocycles. The van der Waals surface area contributed by atoms with Crippen LogP contribution < -0.4 is 15.0 Å². The zero-order chi connectivity index (χ0) is 25.5. The number of amides is 1. The number of imidazole rings is 1. The van der Waals surface area contributed by atoms with Crippen molar-refractivity contribution in [1.82, 2.24) is 24.5 Å². The van der Waals surface area contributed by atoms with Gasteiger partial charge in [0, 0.05) is 36.3 Å². The SMILES string of the molecule is C=C1CCCN(c2cc3c(Nc4ccc(Oc5ccc6c(c5)ncn6C)c(C)c4)ncnc3cn2)C1=O. The topological polar surface area (TPSA) is 98.1 Å². The van der Waals surface area contributed by atoms with Crippen molar-refractivity contribution in [2.75, 3.05) is 16.8 Å². The maximum atomic E-state index is 12.6. The average Bonchev–Trinajstić information content (AvgIpc) is 3.27. The number of aromatic nitrogens is 5. The summed E-state index contributed by atoms with van der Waals surface area (Å²) in [5.74, 6) is 2.60. The zero-order valence-corrected chi connectivity index (χ0v) is 20.6. The van der Waals surface area contributed by atoms with E-state index in [-0.39, 0.29) is 5.91 Å². The van der Waals surface area contributed by atoms with Gasteiger partial charge in [-0.05, 0) is 61.7 Å². The van der Waals surface area contributed by atoms with Crippen molar-refractivity contribution in [1.29, 1.82) is 0 Å². The van der Waals surface area contributed by atoms with Gasteiger partial charge in [-0.1, -0.05) is 6.58 Å². The molecule has 6 rings (SSSR count). The molecule has 1 saturated heterocycles. The molecule has 0 unspecified atom stereocenters. The van der Waals surface area contributed by atoms with Crippen molar-refractivity contribution in [2.45, 2.75) is 19.8 Å². The fourth-order valence-corrected chi connectivity index (χ4v) is 4.55. The molecule has 9 heteroatoms. The minimum atomic E-state index is -0.0853. The molecule has 4 heterocycles. The summed E-state index contributed by atoms with van der Waals surface area (Å²) in [5.41, 5.74) is 5.04. The molecule has 0 aliphatic carbocycles. The van der Waals surface area contributed by atoms with E-state index in [4.69, 9.17) is 4.74 Å². The van der Waals surface area contributed by atoms with Crippen LogP contribution in [-0.4, -0.2) is 37.0 Å². The van der Waals surface area contributed by atoms with Gasteiger partial charge in [0.15, 0.2) is 0 Å². The molecule has 1 aliphatic rings. The minimum Gasteiger partial charge on any atom is -0.457 e. The van der Waals surface area contributed by atoms with E-state index in [1.165, 1.54) is 6.33 Å². The molecule has 0 spiro atoms. The van der Waals surface area contributed by atoms with Crippen molar-refractivity contribution >= 4 is 45.2 Å². The molecule has 9 nitrogen and oxygen atoms in total. The first-order chi connectivity index (χ1) is 18.0. The first kappa shape index (κ1) is 22.7. The largest absolute Gasteiger partial charge is 0.457 e. The predicted octanol–water partition coefficient (Wildman–Crippen LogP) is 5.44. The summed E-state index contributed by atoms with van der Waals surface area (Å²) >= 11 is 0. The van der Waals surface area contributed by atoms with Crippen molar-refractivity contribution in [2.24, 2.45) is 7.05 Å². The Hall–Kier alpha value is -4.79. The standard InChI is InChI=1S/C28H25N7O2/c1-17-5-4-10-35(28(17)36)26-13-21-23(14-29-26)30-15-31-27(21)33-19-6-9-25(18(2)11-19)37-20-7-8-24-22(12-20)32-16-34(24)3/h6-9,11-16H,1,4-5,10H2,2-3H3,(H,30,31,33). The van der Waals surface area contributed by atoms with Crippen LogP contribution in [-0.2, 0) is 11.8 Å². The fraction of sp³-hybridized carbons (Fsp3) is 0.179. The van der Waals surface area contributed by atoms with Gasteiger partial charge in [0.05, 0.1) is 29.1 Å². The monoisotopic (exact) mass is 491 g/mol. The number of rotatable bonds is 5. The number of hydrogen-bond acceptors (Lipinski definition) is 7. The lowest BCUT2D eigenvalue weighted by Gasteiger charge is -2.27. The van der Waals surface area contributed by atoms with Crippen LogP contribution in [0.4, 0.5) is 17.3 Å². The molecule has 5 aromatic rings. The first-order valence-electron chi connectivity index (χ1n) is 12.0. The van der Waals surface area contributed by atoms with E-state index in [2.05, 4.69) is 31.8 Å². The van der Waals surface area contributed by atoms with Crippen molar-refractivity contribution < 1.29 is 9.53 Å². The number of nitrogens with zero attached hydrogens (tertiary/aromatic N) is 6.